The predicted molar refractivity (Wildman–Crippen MR) is 122 cm³/mol. The summed E-state index contributed by atoms with van der Waals surface area (Å²) in [6.45, 7) is 2.51. The Kier molecular flexibility index (Phi) is 7.74. The van der Waals surface area contributed by atoms with E-state index in [2.05, 4.69) is 25.2 Å². The van der Waals surface area contributed by atoms with Gasteiger partial charge in [0.2, 0.25) is 5.91 Å². The van der Waals surface area contributed by atoms with Crippen LogP contribution in [0.25, 0.3) is 0 Å². The number of carbonyl (C=O) groups is 1. The molecule has 2 aromatic heterocycles. The average Bonchev–Trinajstić information content (AvgIpc) is 3.49. The van der Waals surface area contributed by atoms with Crippen LogP contribution in [-0.2, 0) is 31.0 Å². The van der Waals surface area contributed by atoms with Crippen LogP contribution in [0.5, 0.6) is 5.75 Å². The SMILES string of the molecule is Cn1ccnc1CN1C[C@@H](COc2cccc(C(F)(F)F)c2)C[C@@H](C(=O)NCCc2cnc[nH]2)C1. The maximum atomic E-state index is 13.0. The zero-order chi connectivity index (χ0) is 24.8. The molecule has 0 bridgehead atoms. The molecule has 8 nitrogen and oxygen atoms in total. The van der Waals surface area contributed by atoms with Crippen molar-refractivity contribution in [3.05, 3.63) is 66.3 Å². The molecule has 3 aromatic rings. The van der Waals surface area contributed by atoms with Crippen LogP contribution in [0, 0.1) is 11.8 Å². The fourth-order valence-electron chi connectivity index (χ4n) is 4.35. The van der Waals surface area contributed by atoms with E-state index in [0.29, 0.717) is 39.0 Å². The van der Waals surface area contributed by atoms with Crippen molar-refractivity contribution in [1.29, 1.82) is 0 Å². The highest BCUT2D eigenvalue weighted by Crippen LogP contribution is 2.32. The van der Waals surface area contributed by atoms with Crippen molar-refractivity contribution >= 4 is 5.91 Å². The van der Waals surface area contributed by atoms with E-state index in [9.17, 15) is 18.0 Å². The molecule has 2 atom stereocenters. The number of amides is 1. The summed E-state index contributed by atoms with van der Waals surface area (Å²) in [5, 5.41) is 3.00. The normalized spacial score (nSPS) is 19.0. The summed E-state index contributed by atoms with van der Waals surface area (Å²) in [5.41, 5.74) is 0.197. The van der Waals surface area contributed by atoms with Crippen LogP contribution in [0.1, 0.15) is 23.5 Å². The molecule has 0 aliphatic carbocycles. The van der Waals surface area contributed by atoms with Crippen molar-refractivity contribution < 1.29 is 22.7 Å². The monoisotopic (exact) mass is 490 g/mol. The molecular formula is C24H29F3N6O2. The first-order valence-electron chi connectivity index (χ1n) is 11.5. The number of aromatic amines is 1. The number of hydrogen-bond acceptors (Lipinski definition) is 5. The van der Waals surface area contributed by atoms with E-state index in [1.54, 1.807) is 18.7 Å². The second-order valence-electron chi connectivity index (χ2n) is 8.90. The quantitative estimate of drug-likeness (QED) is 0.482. The van der Waals surface area contributed by atoms with Gasteiger partial charge in [0.25, 0.3) is 0 Å². The molecule has 1 aromatic carbocycles. The molecule has 0 radical (unpaired) electrons. The Labute approximate surface area is 201 Å². The Hall–Kier alpha value is -3.34. The zero-order valence-electron chi connectivity index (χ0n) is 19.5. The molecule has 188 valence electrons. The number of piperidine rings is 1. The third-order valence-corrected chi connectivity index (χ3v) is 6.17. The van der Waals surface area contributed by atoms with Crippen molar-refractivity contribution in [3.8, 4) is 5.75 Å². The van der Waals surface area contributed by atoms with Gasteiger partial charge in [0, 0.05) is 63.3 Å². The highest BCUT2D eigenvalue weighted by Gasteiger charge is 2.33. The van der Waals surface area contributed by atoms with E-state index < -0.39 is 11.7 Å². The molecular weight excluding hydrogens is 461 g/mol. The summed E-state index contributed by atoms with van der Waals surface area (Å²) in [6, 6.07) is 4.88. The zero-order valence-corrected chi connectivity index (χ0v) is 19.5. The van der Waals surface area contributed by atoms with Crippen LogP contribution in [0.2, 0.25) is 0 Å². The second kappa shape index (κ2) is 10.9. The number of nitrogens with zero attached hydrogens (tertiary/aromatic N) is 4. The smallest absolute Gasteiger partial charge is 0.416 e. The molecule has 3 heterocycles. The maximum absolute atomic E-state index is 13.0. The van der Waals surface area contributed by atoms with Crippen molar-refractivity contribution in [2.45, 2.75) is 25.6 Å². The summed E-state index contributed by atoms with van der Waals surface area (Å²) in [6.07, 6.45) is 3.73. The van der Waals surface area contributed by atoms with Gasteiger partial charge in [0.1, 0.15) is 11.6 Å². The second-order valence-corrected chi connectivity index (χ2v) is 8.90. The van der Waals surface area contributed by atoms with Crippen molar-refractivity contribution in [2.24, 2.45) is 18.9 Å². The molecule has 2 N–H and O–H groups in total. The lowest BCUT2D eigenvalue weighted by molar-refractivity contribution is -0.137. The number of hydrogen-bond donors (Lipinski definition) is 2. The van der Waals surface area contributed by atoms with Crippen LogP contribution >= 0.6 is 0 Å². The van der Waals surface area contributed by atoms with Crippen LogP contribution < -0.4 is 10.1 Å². The van der Waals surface area contributed by atoms with Crippen LogP contribution in [0.4, 0.5) is 13.2 Å². The van der Waals surface area contributed by atoms with Gasteiger partial charge in [0.15, 0.2) is 0 Å². The lowest BCUT2D eigenvalue weighted by atomic mass is 9.88. The molecule has 1 aliphatic rings. The number of benzene rings is 1. The minimum atomic E-state index is -4.43. The van der Waals surface area contributed by atoms with E-state index >= 15 is 0 Å². The van der Waals surface area contributed by atoms with Crippen LogP contribution in [0.15, 0.2) is 49.2 Å². The molecule has 11 heteroatoms. The van der Waals surface area contributed by atoms with E-state index in [-0.39, 0.29) is 30.1 Å². The number of alkyl halides is 3. The number of rotatable bonds is 9. The Balaban J connectivity index is 1.39. The number of carbonyl (C=O) groups excluding carboxylic acids is 1. The fourth-order valence-corrected chi connectivity index (χ4v) is 4.35. The van der Waals surface area contributed by atoms with Gasteiger partial charge < -0.3 is 19.6 Å². The minimum Gasteiger partial charge on any atom is -0.493 e. The number of imidazole rings is 2. The highest BCUT2D eigenvalue weighted by atomic mass is 19.4. The largest absolute Gasteiger partial charge is 0.493 e. The summed E-state index contributed by atoms with van der Waals surface area (Å²) in [7, 11) is 1.92. The van der Waals surface area contributed by atoms with Gasteiger partial charge in [-0.2, -0.15) is 13.2 Å². The lowest BCUT2D eigenvalue weighted by Crippen LogP contribution is -2.47. The summed E-state index contributed by atoms with van der Waals surface area (Å²) < 4.78 is 46.8. The first-order chi connectivity index (χ1) is 16.8. The first-order valence-corrected chi connectivity index (χ1v) is 11.5. The Morgan fingerprint density at radius 1 is 1.31 bits per heavy atom. The highest BCUT2D eigenvalue weighted by molar-refractivity contribution is 5.79. The Morgan fingerprint density at radius 2 is 2.17 bits per heavy atom. The topological polar surface area (TPSA) is 88.1 Å². The van der Waals surface area contributed by atoms with Gasteiger partial charge in [-0.25, -0.2) is 9.97 Å². The predicted octanol–water partition coefficient (Wildman–Crippen LogP) is 3.04. The van der Waals surface area contributed by atoms with Crippen molar-refractivity contribution in [3.63, 3.8) is 0 Å². The molecule has 1 aliphatic heterocycles. The van der Waals surface area contributed by atoms with E-state index in [1.807, 2.05) is 17.8 Å². The number of aromatic nitrogens is 4. The molecule has 0 unspecified atom stereocenters. The first kappa shape index (κ1) is 24.8. The molecule has 0 saturated carbocycles. The number of nitrogens with one attached hydrogen (secondary N) is 2. The van der Waals surface area contributed by atoms with Crippen molar-refractivity contribution in [1.82, 2.24) is 29.7 Å². The number of H-pyrrole nitrogens is 1. The van der Waals surface area contributed by atoms with Gasteiger partial charge in [-0.1, -0.05) is 6.07 Å². The van der Waals surface area contributed by atoms with Crippen molar-refractivity contribution in [2.75, 3.05) is 26.2 Å². The fraction of sp³-hybridized carbons (Fsp3) is 0.458. The van der Waals surface area contributed by atoms with E-state index in [1.165, 1.54) is 12.1 Å². The Bertz CT molecular complexity index is 1100. The minimum absolute atomic E-state index is 0.0260. The van der Waals surface area contributed by atoms with Crippen LogP contribution in [-0.4, -0.2) is 56.6 Å². The molecule has 4 rings (SSSR count). The van der Waals surface area contributed by atoms with Gasteiger partial charge in [0.05, 0.1) is 31.0 Å². The van der Waals surface area contributed by atoms with Gasteiger partial charge in [-0.05, 0) is 24.6 Å². The number of ether oxygens (including phenoxy) is 1. The van der Waals surface area contributed by atoms with Gasteiger partial charge >= 0.3 is 6.18 Å². The number of likely N-dealkylation sites (tertiary alicyclic amines) is 1. The summed E-state index contributed by atoms with van der Waals surface area (Å²) in [5.74, 6) is 0.713. The molecule has 1 fully saturated rings. The maximum Gasteiger partial charge on any atom is 0.416 e. The summed E-state index contributed by atoms with van der Waals surface area (Å²) >= 11 is 0. The number of aryl methyl sites for hydroxylation is 1. The van der Waals surface area contributed by atoms with Gasteiger partial charge in [-0.15, -0.1) is 0 Å². The standard InChI is InChI=1S/C24H29F3N6O2/c1-32-8-7-29-22(32)14-33-12-17(15-35-21-4-2-3-19(10-21)24(25,26)27)9-18(13-33)23(34)30-6-5-20-11-28-16-31-20/h2-4,7-8,10-11,16-18H,5-6,9,12-15H2,1H3,(H,28,31)(H,30,34)/t17-,18+/m0/s1. The van der Waals surface area contributed by atoms with E-state index in [4.69, 9.17) is 4.74 Å². The summed E-state index contributed by atoms with van der Waals surface area (Å²) in [4.78, 5) is 26.5. The molecule has 1 saturated heterocycles. The average molecular weight is 491 g/mol. The third kappa shape index (κ3) is 6.84. The number of halogens is 3. The Morgan fingerprint density at radius 3 is 2.89 bits per heavy atom. The van der Waals surface area contributed by atoms with E-state index in [0.717, 1.165) is 23.7 Å². The lowest BCUT2D eigenvalue weighted by Gasteiger charge is -2.37. The van der Waals surface area contributed by atoms with Gasteiger partial charge in [-0.3, -0.25) is 9.69 Å². The molecule has 35 heavy (non-hydrogen) atoms. The molecule has 0 spiro atoms. The third-order valence-electron chi connectivity index (χ3n) is 6.17. The van der Waals surface area contributed by atoms with Crippen LogP contribution in [0.3, 0.4) is 0 Å². The molecule has 1 amide bonds.